The van der Waals surface area contributed by atoms with Crippen LogP contribution in [0.5, 0.6) is 0 Å². The summed E-state index contributed by atoms with van der Waals surface area (Å²) < 4.78 is 26.8. The number of hydrogen-bond donors (Lipinski definition) is 1. The van der Waals surface area contributed by atoms with E-state index in [0.29, 0.717) is 17.7 Å². The van der Waals surface area contributed by atoms with E-state index in [1.807, 2.05) is 0 Å². The van der Waals surface area contributed by atoms with Gasteiger partial charge in [-0.25, -0.2) is 9.59 Å². The van der Waals surface area contributed by atoms with Crippen molar-refractivity contribution in [2.24, 2.45) is 0 Å². The molecule has 0 atom stereocenters. The molecule has 20 heavy (non-hydrogen) atoms. The van der Waals surface area contributed by atoms with Gasteiger partial charge in [-0.2, -0.15) is 8.42 Å². The van der Waals surface area contributed by atoms with Gasteiger partial charge in [-0.05, 0) is 11.6 Å². The van der Waals surface area contributed by atoms with Gasteiger partial charge in [0.05, 0.1) is 5.41 Å². The molecule has 1 aromatic carbocycles. The van der Waals surface area contributed by atoms with E-state index >= 15 is 0 Å². The third kappa shape index (κ3) is 7.90. The van der Waals surface area contributed by atoms with Gasteiger partial charge in [0, 0.05) is 12.2 Å². The van der Waals surface area contributed by atoms with Crippen molar-refractivity contribution in [3.63, 3.8) is 0 Å². The van der Waals surface area contributed by atoms with E-state index in [4.69, 9.17) is 5.11 Å². The average Bonchev–Trinajstić information content (AvgIpc) is 2.35. The first kappa shape index (κ1) is 18.6. The minimum atomic E-state index is -4.20. The second-order valence-corrected chi connectivity index (χ2v) is 4.70. The van der Waals surface area contributed by atoms with Gasteiger partial charge < -0.3 is 9.29 Å². The van der Waals surface area contributed by atoms with Gasteiger partial charge in [0.1, 0.15) is 0 Å². The maximum atomic E-state index is 11.3. The van der Waals surface area contributed by atoms with Gasteiger partial charge in [-0.1, -0.05) is 30.3 Å². The number of aliphatic carboxylic acids is 1. The standard InChI is InChI=1S/C12H10O6S.Na.H/c13-11(14)6-7-12(15)18-19(16,17)9-8-10-4-2-1-3-5-10;;/h1-9H,(H,13,14);;/b7-6-,9-8-;;. The fraction of sp³-hybridized carbons (Fsp3) is 0. The van der Waals surface area contributed by atoms with Crippen LogP contribution in [0.1, 0.15) is 5.56 Å². The number of carbonyl (C=O) groups excluding carboxylic acids is 1. The van der Waals surface area contributed by atoms with Crippen LogP contribution >= 0.6 is 0 Å². The summed E-state index contributed by atoms with van der Waals surface area (Å²) in [6.07, 6.45) is 2.25. The summed E-state index contributed by atoms with van der Waals surface area (Å²) in [7, 11) is -4.20. The van der Waals surface area contributed by atoms with Crippen molar-refractivity contribution in [1.29, 1.82) is 0 Å². The Morgan fingerprint density at radius 3 is 2.25 bits per heavy atom. The van der Waals surface area contributed by atoms with Crippen molar-refractivity contribution >= 4 is 57.7 Å². The van der Waals surface area contributed by atoms with Crippen LogP contribution in [0, 0.1) is 0 Å². The number of carbonyl (C=O) groups is 2. The molecule has 1 rings (SSSR count). The van der Waals surface area contributed by atoms with Gasteiger partial charge in [-0.15, -0.1) is 0 Å². The maximum absolute atomic E-state index is 11.3. The molecule has 1 aromatic rings. The van der Waals surface area contributed by atoms with E-state index in [1.165, 1.54) is 6.08 Å². The Kier molecular flexibility index (Phi) is 8.09. The fourth-order valence-electron chi connectivity index (χ4n) is 1.04. The van der Waals surface area contributed by atoms with E-state index in [1.54, 1.807) is 30.3 Å². The quantitative estimate of drug-likeness (QED) is 0.484. The molecule has 6 nitrogen and oxygen atoms in total. The minimum absolute atomic E-state index is 0. The molecule has 0 saturated carbocycles. The molecular formula is C12H11NaO6S. The van der Waals surface area contributed by atoms with Gasteiger partial charge >= 0.3 is 51.6 Å². The Morgan fingerprint density at radius 1 is 1.10 bits per heavy atom. The Labute approximate surface area is 138 Å². The van der Waals surface area contributed by atoms with Gasteiger partial charge in [-0.3, -0.25) is 0 Å². The Morgan fingerprint density at radius 2 is 1.70 bits per heavy atom. The Hall–Kier alpha value is -1.41. The first-order valence-electron chi connectivity index (χ1n) is 5.02. The van der Waals surface area contributed by atoms with Crippen molar-refractivity contribution in [3.8, 4) is 0 Å². The molecule has 8 heteroatoms. The van der Waals surface area contributed by atoms with Crippen LogP contribution in [0.15, 0.2) is 47.9 Å². The third-order valence-electron chi connectivity index (χ3n) is 1.79. The molecule has 0 aliphatic carbocycles. The summed E-state index contributed by atoms with van der Waals surface area (Å²) >= 11 is 0. The molecule has 0 saturated heterocycles. The summed E-state index contributed by atoms with van der Waals surface area (Å²) in [6.45, 7) is 0. The second-order valence-electron chi connectivity index (χ2n) is 3.28. The van der Waals surface area contributed by atoms with Gasteiger partial charge in [0.15, 0.2) is 0 Å². The van der Waals surface area contributed by atoms with Crippen LogP contribution in [-0.4, -0.2) is 55.0 Å². The summed E-state index contributed by atoms with van der Waals surface area (Å²) in [5, 5.41) is 8.97. The number of hydrogen-bond acceptors (Lipinski definition) is 5. The molecular weight excluding hydrogens is 295 g/mol. The topological polar surface area (TPSA) is 97.7 Å². The molecule has 0 aliphatic heterocycles. The van der Waals surface area contributed by atoms with Crippen LogP contribution in [0.25, 0.3) is 6.08 Å². The normalized spacial score (nSPS) is 11.2. The predicted octanol–water partition coefficient (Wildman–Crippen LogP) is 0.523. The second kappa shape index (κ2) is 8.70. The van der Waals surface area contributed by atoms with E-state index < -0.39 is 22.1 Å². The van der Waals surface area contributed by atoms with Crippen molar-refractivity contribution < 1.29 is 27.3 Å². The van der Waals surface area contributed by atoms with E-state index in [9.17, 15) is 18.0 Å². The van der Waals surface area contributed by atoms with Gasteiger partial charge in [0.2, 0.25) is 0 Å². The number of carboxylic acids is 1. The van der Waals surface area contributed by atoms with Crippen LogP contribution in [0.4, 0.5) is 0 Å². The summed E-state index contributed by atoms with van der Waals surface area (Å²) in [5.41, 5.74) is 0.614. The van der Waals surface area contributed by atoms with Crippen LogP contribution < -0.4 is 0 Å². The molecule has 0 fully saturated rings. The number of carboxylic acid groups (broad SMARTS) is 1. The fourth-order valence-corrected chi connectivity index (χ4v) is 1.70. The van der Waals surface area contributed by atoms with Crippen molar-refractivity contribution in [3.05, 3.63) is 53.5 Å². The number of benzene rings is 1. The van der Waals surface area contributed by atoms with Crippen LogP contribution in [0.2, 0.25) is 0 Å². The average molecular weight is 306 g/mol. The summed E-state index contributed by atoms with van der Waals surface area (Å²) in [4.78, 5) is 21.1. The molecule has 0 amide bonds. The molecule has 1 N–H and O–H groups in total. The Balaban J connectivity index is 0.00000361. The summed E-state index contributed by atoms with van der Waals surface area (Å²) in [6, 6.07) is 8.53. The molecule has 0 radical (unpaired) electrons. The first-order valence-corrected chi connectivity index (χ1v) is 6.49. The molecule has 0 aromatic heterocycles. The molecule has 0 heterocycles. The monoisotopic (exact) mass is 306 g/mol. The zero-order chi connectivity index (χ0) is 14.3. The molecule has 0 bridgehead atoms. The zero-order valence-corrected chi connectivity index (χ0v) is 10.4. The molecule has 0 unspecified atom stereocenters. The molecule has 102 valence electrons. The first-order chi connectivity index (χ1) is 8.89. The van der Waals surface area contributed by atoms with E-state index in [-0.39, 0.29) is 29.6 Å². The molecule has 0 aliphatic rings. The van der Waals surface area contributed by atoms with Crippen molar-refractivity contribution in [2.45, 2.75) is 0 Å². The zero-order valence-electron chi connectivity index (χ0n) is 9.59. The van der Waals surface area contributed by atoms with Crippen LogP contribution in [-0.2, 0) is 23.9 Å². The van der Waals surface area contributed by atoms with E-state index in [0.717, 1.165) is 5.41 Å². The SMILES string of the molecule is O=C(O)/C=C\C(=O)OS(=O)(=O)/C=C\c1ccccc1.[NaH]. The predicted molar refractivity (Wildman–Crippen MR) is 74.4 cm³/mol. The van der Waals surface area contributed by atoms with Crippen molar-refractivity contribution in [1.82, 2.24) is 0 Å². The van der Waals surface area contributed by atoms with Crippen molar-refractivity contribution in [2.75, 3.05) is 0 Å². The Bertz CT molecular complexity index is 619. The van der Waals surface area contributed by atoms with Crippen LogP contribution in [0.3, 0.4) is 0 Å². The molecule has 0 spiro atoms. The number of rotatable bonds is 5. The summed E-state index contributed by atoms with van der Waals surface area (Å²) in [5.74, 6) is -2.66. The van der Waals surface area contributed by atoms with Gasteiger partial charge in [0.25, 0.3) is 0 Å². The third-order valence-corrected chi connectivity index (χ3v) is 2.65. The van der Waals surface area contributed by atoms with E-state index in [2.05, 4.69) is 4.18 Å².